The van der Waals surface area contributed by atoms with E-state index in [1.165, 1.54) is 0 Å². The maximum absolute atomic E-state index is 13.5. The predicted octanol–water partition coefficient (Wildman–Crippen LogP) is 0.199. The van der Waals surface area contributed by atoms with Gasteiger partial charge in [-0.3, -0.25) is 0 Å². The smallest absolute Gasteiger partial charge is 0.346 e. The van der Waals surface area contributed by atoms with Gasteiger partial charge < -0.3 is 10.1 Å². The fraction of sp³-hybridized carbons (Fsp3) is 0.857. The summed E-state index contributed by atoms with van der Waals surface area (Å²) in [6, 6.07) is 0. The van der Waals surface area contributed by atoms with Gasteiger partial charge in [-0.2, -0.15) is 0 Å². The number of hydrogen-bond donors (Lipinski definition) is 1. The Labute approximate surface area is 69.1 Å². The van der Waals surface area contributed by atoms with E-state index in [0.717, 1.165) is 7.11 Å². The number of rotatable bonds is 1. The molecule has 0 aromatic heterocycles. The summed E-state index contributed by atoms with van der Waals surface area (Å²) in [5, 5.41) is 2.65. The highest BCUT2D eigenvalue weighted by molar-refractivity contribution is 5.80. The van der Waals surface area contributed by atoms with Crippen LogP contribution in [0.15, 0.2) is 0 Å². The number of carbonyl (C=O) groups is 1. The SMILES string of the molecule is COC(=O)C1(F)CCNCC1F. The van der Waals surface area contributed by atoms with E-state index in [2.05, 4.69) is 10.1 Å². The second-order valence-corrected chi connectivity index (χ2v) is 2.78. The molecule has 5 heteroatoms. The van der Waals surface area contributed by atoms with Crippen LogP contribution in [0.1, 0.15) is 6.42 Å². The van der Waals surface area contributed by atoms with E-state index in [1.54, 1.807) is 0 Å². The molecule has 0 spiro atoms. The van der Waals surface area contributed by atoms with Gasteiger partial charge in [0, 0.05) is 13.0 Å². The summed E-state index contributed by atoms with van der Waals surface area (Å²) in [5.74, 6) is -1.11. The molecule has 1 aliphatic heterocycles. The number of piperidine rings is 1. The average Bonchev–Trinajstić information content (AvgIpc) is 2.09. The van der Waals surface area contributed by atoms with Gasteiger partial charge in [0.25, 0.3) is 0 Å². The molecule has 0 bridgehead atoms. The Hall–Kier alpha value is -0.710. The molecule has 0 radical (unpaired) electrons. The zero-order valence-electron chi connectivity index (χ0n) is 6.77. The first-order chi connectivity index (χ1) is 5.61. The maximum atomic E-state index is 13.5. The van der Waals surface area contributed by atoms with Crippen LogP contribution in [0.2, 0.25) is 0 Å². The summed E-state index contributed by atoms with van der Waals surface area (Å²) in [6.07, 6.45) is -1.97. The molecule has 70 valence electrons. The highest BCUT2D eigenvalue weighted by atomic mass is 19.2. The summed E-state index contributed by atoms with van der Waals surface area (Å²) in [6.45, 7) is 0.164. The second kappa shape index (κ2) is 3.35. The van der Waals surface area contributed by atoms with Gasteiger partial charge in [-0.15, -0.1) is 0 Å². The molecule has 3 nitrogen and oxygen atoms in total. The van der Waals surface area contributed by atoms with Crippen LogP contribution in [0.4, 0.5) is 8.78 Å². The quantitative estimate of drug-likeness (QED) is 0.584. The lowest BCUT2D eigenvalue weighted by atomic mass is 9.93. The van der Waals surface area contributed by atoms with Crippen molar-refractivity contribution in [2.75, 3.05) is 20.2 Å². The van der Waals surface area contributed by atoms with Crippen molar-refractivity contribution in [3.63, 3.8) is 0 Å². The van der Waals surface area contributed by atoms with E-state index in [0.29, 0.717) is 6.54 Å². The van der Waals surface area contributed by atoms with E-state index in [-0.39, 0.29) is 13.0 Å². The number of hydrogen-bond acceptors (Lipinski definition) is 3. The van der Waals surface area contributed by atoms with Crippen molar-refractivity contribution in [2.45, 2.75) is 18.3 Å². The summed E-state index contributed by atoms with van der Waals surface area (Å²) < 4.78 is 30.6. The highest BCUT2D eigenvalue weighted by Crippen LogP contribution is 2.27. The van der Waals surface area contributed by atoms with Gasteiger partial charge in [0.15, 0.2) is 6.17 Å². The Morgan fingerprint density at radius 3 is 2.92 bits per heavy atom. The van der Waals surface area contributed by atoms with Gasteiger partial charge in [-0.25, -0.2) is 13.6 Å². The van der Waals surface area contributed by atoms with Crippen LogP contribution < -0.4 is 5.32 Å². The number of ether oxygens (including phenoxy) is 1. The molecule has 0 aliphatic carbocycles. The fourth-order valence-corrected chi connectivity index (χ4v) is 1.22. The molecule has 1 N–H and O–H groups in total. The number of alkyl halides is 2. The van der Waals surface area contributed by atoms with Crippen LogP contribution >= 0.6 is 0 Å². The van der Waals surface area contributed by atoms with Crippen LogP contribution in [0.3, 0.4) is 0 Å². The molecule has 0 amide bonds. The minimum absolute atomic E-state index is 0.133. The Kier molecular flexibility index (Phi) is 2.62. The third-order valence-electron chi connectivity index (χ3n) is 2.01. The molecular weight excluding hydrogens is 168 g/mol. The van der Waals surface area contributed by atoms with Crippen LogP contribution in [-0.4, -0.2) is 38.0 Å². The molecule has 1 rings (SSSR count). The van der Waals surface area contributed by atoms with E-state index in [4.69, 9.17) is 0 Å². The zero-order valence-corrected chi connectivity index (χ0v) is 6.77. The summed E-state index contributed by atoms with van der Waals surface area (Å²) >= 11 is 0. The van der Waals surface area contributed by atoms with Crippen molar-refractivity contribution in [1.29, 1.82) is 0 Å². The van der Waals surface area contributed by atoms with Gasteiger partial charge in [-0.1, -0.05) is 0 Å². The van der Waals surface area contributed by atoms with Gasteiger partial charge in [0.2, 0.25) is 5.67 Å². The molecule has 0 saturated carbocycles. The lowest BCUT2D eigenvalue weighted by Gasteiger charge is -2.30. The lowest BCUT2D eigenvalue weighted by molar-refractivity contribution is -0.161. The van der Waals surface area contributed by atoms with Crippen LogP contribution in [0.25, 0.3) is 0 Å². The summed E-state index contributed by atoms with van der Waals surface area (Å²) in [5.41, 5.74) is -2.44. The third kappa shape index (κ3) is 1.41. The van der Waals surface area contributed by atoms with Gasteiger partial charge in [0.05, 0.1) is 7.11 Å². The van der Waals surface area contributed by atoms with E-state index >= 15 is 0 Å². The maximum Gasteiger partial charge on any atom is 0.346 e. The third-order valence-corrected chi connectivity index (χ3v) is 2.01. The van der Waals surface area contributed by atoms with E-state index in [9.17, 15) is 13.6 Å². The van der Waals surface area contributed by atoms with Crippen LogP contribution in [0.5, 0.6) is 0 Å². The second-order valence-electron chi connectivity index (χ2n) is 2.78. The molecule has 12 heavy (non-hydrogen) atoms. The first-order valence-electron chi connectivity index (χ1n) is 3.73. The van der Waals surface area contributed by atoms with Crippen molar-refractivity contribution in [1.82, 2.24) is 5.32 Å². The number of nitrogens with one attached hydrogen (secondary N) is 1. The molecule has 1 fully saturated rings. The number of methoxy groups -OCH3 is 1. The molecule has 1 saturated heterocycles. The molecule has 0 aromatic carbocycles. The summed E-state index contributed by atoms with van der Waals surface area (Å²) in [7, 11) is 1.05. The normalized spacial score (nSPS) is 36.1. The van der Waals surface area contributed by atoms with Crippen LogP contribution in [0, 0.1) is 0 Å². The highest BCUT2D eigenvalue weighted by Gasteiger charge is 2.49. The van der Waals surface area contributed by atoms with Crippen molar-refractivity contribution in [3.8, 4) is 0 Å². The van der Waals surface area contributed by atoms with E-state index in [1.807, 2.05) is 0 Å². The molecule has 1 aliphatic rings. The average molecular weight is 179 g/mol. The summed E-state index contributed by atoms with van der Waals surface area (Å²) in [4.78, 5) is 10.8. The molecular formula is C7H11F2NO2. The minimum Gasteiger partial charge on any atom is -0.467 e. The van der Waals surface area contributed by atoms with Crippen molar-refractivity contribution >= 4 is 5.97 Å². The molecule has 2 unspecified atom stereocenters. The Bertz CT molecular complexity index is 188. The number of carbonyl (C=O) groups excluding carboxylic acids is 1. The van der Waals surface area contributed by atoms with Crippen molar-refractivity contribution in [3.05, 3.63) is 0 Å². The number of halogens is 2. The van der Waals surface area contributed by atoms with Crippen molar-refractivity contribution < 1.29 is 18.3 Å². The minimum atomic E-state index is -2.44. The van der Waals surface area contributed by atoms with Crippen LogP contribution in [-0.2, 0) is 9.53 Å². The van der Waals surface area contributed by atoms with Gasteiger partial charge in [-0.05, 0) is 6.54 Å². The predicted molar refractivity (Wildman–Crippen MR) is 38.2 cm³/mol. The Morgan fingerprint density at radius 1 is 1.75 bits per heavy atom. The first-order valence-corrected chi connectivity index (χ1v) is 3.73. The zero-order chi connectivity index (χ0) is 9.19. The molecule has 2 atom stereocenters. The number of esters is 1. The van der Waals surface area contributed by atoms with E-state index < -0.39 is 17.8 Å². The largest absolute Gasteiger partial charge is 0.467 e. The Morgan fingerprint density at radius 2 is 2.42 bits per heavy atom. The standard InChI is InChI=1S/C7H11F2NO2/c1-12-6(11)7(9)2-3-10-4-5(7)8/h5,10H,2-4H2,1H3. The van der Waals surface area contributed by atoms with Crippen molar-refractivity contribution in [2.24, 2.45) is 0 Å². The fourth-order valence-electron chi connectivity index (χ4n) is 1.22. The van der Waals surface area contributed by atoms with Gasteiger partial charge in [0.1, 0.15) is 0 Å². The Balaban J connectivity index is 2.72. The monoisotopic (exact) mass is 179 g/mol. The topological polar surface area (TPSA) is 38.3 Å². The lowest BCUT2D eigenvalue weighted by Crippen LogP contribution is -2.54. The molecule has 0 aromatic rings. The molecule has 1 heterocycles. The van der Waals surface area contributed by atoms with Gasteiger partial charge >= 0.3 is 5.97 Å². The first kappa shape index (κ1) is 9.38.